The highest BCUT2D eigenvalue weighted by atomic mass is 16.2. The van der Waals surface area contributed by atoms with Gasteiger partial charge in [-0.25, -0.2) is 9.67 Å². The Morgan fingerprint density at radius 1 is 1.08 bits per heavy atom. The molecule has 0 fully saturated rings. The van der Waals surface area contributed by atoms with E-state index in [0.29, 0.717) is 11.5 Å². The van der Waals surface area contributed by atoms with Crippen molar-refractivity contribution in [2.24, 2.45) is 0 Å². The van der Waals surface area contributed by atoms with E-state index in [-0.39, 0.29) is 18.0 Å². The second-order valence-corrected chi connectivity index (χ2v) is 6.25. The number of amides is 1. The van der Waals surface area contributed by atoms with Crippen LogP contribution in [0.5, 0.6) is 0 Å². The Hall–Kier alpha value is -3.28. The summed E-state index contributed by atoms with van der Waals surface area (Å²) >= 11 is 0. The average molecular weight is 348 g/mol. The summed E-state index contributed by atoms with van der Waals surface area (Å²) in [5, 5.41) is 7.05. The SMILES string of the molecule is Cc1ccc(C)c(-c2ccc(=O)n(CC(=O)Nc3cccc(C)n3)n2)c1. The van der Waals surface area contributed by atoms with E-state index in [9.17, 15) is 9.59 Å². The number of nitrogens with zero attached hydrogens (tertiary/aromatic N) is 3. The van der Waals surface area contributed by atoms with Crippen LogP contribution in [0.2, 0.25) is 0 Å². The van der Waals surface area contributed by atoms with Crippen LogP contribution in [0, 0.1) is 20.8 Å². The van der Waals surface area contributed by atoms with Gasteiger partial charge in [0.05, 0.1) is 5.69 Å². The van der Waals surface area contributed by atoms with Gasteiger partial charge in [0.15, 0.2) is 0 Å². The lowest BCUT2D eigenvalue weighted by molar-refractivity contribution is -0.117. The summed E-state index contributed by atoms with van der Waals surface area (Å²) in [5.41, 5.74) is 4.24. The molecule has 2 heterocycles. The Labute approximate surface area is 151 Å². The first-order valence-corrected chi connectivity index (χ1v) is 8.32. The van der Waals surface area contributed by atoms with Crippen LogP contribution in [0.15, 0.2) is 53.3 Å². The maximum Gasteiger partial charge on any atom is 0.267 e. The molecule has 6 heteroatoms. The van der Waals surface area contributed by atoms with Crippen molar-refractivity contribution in [1.29, 1.82) is 0 Å². The lowest BCUT2D eigenvalue weighted by atomic mass is 10.0. The average Bonchev–Trinajstić information content (AvgIpc) is 2.59. The molecule has 26 heavy (non-hydrogen) atoms. The molecular formula is C20H20N4O2. The van der Waals surface area contributed by atoms with Crippen LogP contribution in [-0.2, 0) is 11.3 Å². The number of hydrogen-bond donors (Lipinski definition) is 1. The Kier molecular flexibility index (Phi) is 4.93. The maximum absolute atomic E-state index is 12.3. The lowest BCUT2D eigenvalue weighted by Gasteiger charge is -2.10. The van der Waals surface area contributed by atoms with Gasteiger partial charge >= 0.3 is 0 Å². The van der Waals surface area contributed by atoms with E-state index in [1.165, 1.54) is 10.7 Å². The lowest BCUT2D eigenvalue weighted by Crippen LogP contribution is -2.29. The first-order valence-electron chi connectivity index (χ1n) is 8.32. The van der Waals surface area contributed by atoms with E-state index >= 15 is 0 Å². The molecule has 132 valence electrons. The molecule has 2 aromatic heterocycles. The number of rotatable bonds is 4. The summed E-state index contributed by atoms with van der Waals surface area (Å²) in [6.07, 6.45) is 0. The normalized spacial score (nSPS) is 10.6. The molecule has 6 nitrogen and oxygen atoms in total. The second-order valence-electron chi connectivity index (χ2n) is 6.25. The topological polar surface area (TPSA) is 76.9 Å². The number of hydrogen-bond acceptors (Lipinski definition) is 4. The highest BCUT2D eigenvalue weighted by Crippen LogP contribution is 2.21. The molecular weight excluding hydrogens is 328 g/mol. The molecule has 0 aliphatic rings. The van der Waals surface area contributed by atoms with Crippen molar-refractivity contribution in [2.75, 3.05) is 5.32 Å². The Morgan fingerprint density at radius 2 is 1.88 bits per heavy atom. The molecule has 0 saturated carbocycles. The van der Waals surface area contributed by atoms with Crippen LogP contribution in [0.4, 0.5) is 5.82 Å². The fourth-order valence-corrected chi connectivity index (χ4v) is 2.65. The molecule has 0 radical (unpaired) electrons. The number of nitrogens with one attached hydrogen (secondary N) is 1. The number of benzene rings is 1. The number of carbonyl (C=O) groups excluding carboxylic acids is 1. The van der Waals surface area contributed by atoms with Crippen LogP contribution in [-0.4, -0.2) is 20.7 Å². The van der Waals surface area contributed by atoms with E-state index in [1.54, 1.807) is 12.1 Å². The van der Waals surface area contributed by atoms with Crippen LogP contribution in [0.25, 0.3) is 11.3 Å². The zero-order chi connectivity index (χ0) is 18.7. The number of anilines is 1. The summed E-state index contributed by atoms with van der Waals surface area (Å²) in [6, 6.07) is 14.5. The van der Waals surface area contributed by atoms with Crippen LogP contribution in [0.1, 0.15) is 16.8 Å². The number of pyridine rings is 1. The Balaban J connectivity index is 1.85. The largest absolute Gasteiger partial charge is 0.309 e. The molecule has 0 aliphatic carbocycles. The van der Waals surface area contributed by atoms with Crippen molar-refractivity contribution in [2.45, 2.75) is 27.3 Å². The van der Waals surface area contributed by atoms with Gasteiger partial charge in [0.2, 0.25) is 5.91 Å². The number of aryl methyl sites for hydroxylation is 3. The summed E-state index contributed by atoms with van der Waals surface area (Å²) in [6.45, 7) is 5.66. The van der Waals surface area contributed by atoms with Crippen LogP contribution >= 0.6 is 0 Å². The van der Waals surface area contributed by atoms with Gasteiger partial charge in [0.25, 0.3) is 5.56 Å². The zero-order valence-corrected chi connectivity index (χ0v) is 15.0. The third kappa shape index (κ3) is 4.03. The van der Waals surface area contributed by atoms with Gasteiger partial charge in [-0.15, -0.1) is 0 Å². The van der Waals surface area contributed by atoms with Crippen molar-refractivity contribution >= 4 is 11.7 Å². The summed E-state index contributed by atoms with van der Waals surface area (Å²) in [5.74, 6) is 0.101. The van der Waals surface area contributed by atoms with Gasteiger partial charge < -0.3 is 5.32 Å². The van der Waals surface area contributed by atoms with E-state index in [4.69, 9.17) is 0 Å². The van der Waals surface area contributed by atoms with E-state index in [2.05, 4.69) is 15.4 Å². The predicted molar refractivity (Wildman–Crippen MR) is 101 cm³/mol. The first-order chi connectivity index (χ1) is 12.4. The third-order valence-corrected chi connectivity index (χ3v) is 3.98. The molecule has 3 rings (SSSR count). The van der Waals surface area contributed by atoms with Gasteiger partial charge in [-0.1, -0.05) is 23.8 Å². The maximum atomic E-state index is 12.3. The summed E-state index contributed by atoms with van der Waals surface area (Å²) in [4.78, 5) is 28.6. The summed E-state index contributed by atoms with van der Waals surface area (Å²) in [7, 11) is 0. The first kappa shape index (κ1) is 17.5. The monoisotopic (exact) mass is 348 g/mol. The van der Waals surface area contributed by atoms with E-state index in [0.717, 1.165) is 22.4 Å². The Bertz CT molecular complexity index is 1020. The number of carbonyl (C=O) groups is 1. The molecule has 1 N–H and O–H groups in total. The Morgan fingerprint density at radius 3 is 2.65 bits per heavy atom. The van der Waals surface area contributed by atoms with Gasteiger partial charge in [-0.05, 0) is 50.6 Å². The minimum Gasteiger partial charge on any atom is -0.309 e. The fourth-order valence-electron chi connectivity index (χ4n) is 2.65. The molecule has 1 amide bonds. The zero-order valence-electron chi connectivity index (χ0n) is 15.0. The van der Waals surface area contributed by atoms with Gasteiger partial charge in [-0.3, -0.25) is 9.59 Å². The fraction of sp³-hybridized carbons (Fsp3) is 0.200. The smallest absolute Gasteiger partial charge is 0.267 e. The van der Waals surface area contributed by atoms with Gasteiger partial charge in [0.1, 0.15) is 12.4 Å². The van der Waals surface area contributed by atoms with Crippen molar-refractivity contribution in [3.8, 4) is 11.3 Å². The van der Waals surface area contributed by atoms with Crippen molar-refractivity contribution in [3.63, 3.8) is 0 Å². The molecule has 1 aromatic carbocycles. The van der Waals surface area contributed by atoms with Crippen molar-refractivity contribution in [1.82, 2.24) is 14.8 Å². The minimum absolute atomic E-state index is 0.173. The van der Waals surface area contributed by atoms with Gasteiger partial charge in [0, 0.05) is 17.3 Å². The third-order valence-electron chi connectivity index (χ3n) is 3.98. The van der Waals surface area contributed by atoms with E-state index in [1.807, 2.05) is 51.1 Å². The quantitative estimate of drug-likeness (QED) is 0.786. The molecule has 0 unspecified atom stereocenters. The highest BCUT2D eigenvalue weighted by Gasteiger charge is 2.10. The van der Waals surface area contributed by atoms with E-state index < -0.39 is 0 Å². The molecule has 0 atom stereocenters. The van der Waals surface area contributed by atoms with Crippen LogP contribution in [0.3, 0.4) is 0 Å². The number of aromatic nitrogens is 3. The van der Waals surface area contributed by atoms with Crippen molar-refractivity contribution in [3.05, 3.63) is 75.7 Å². The molecule has 0 bridgehead atoms. The predicted octanol–water partition coefficient (Wildman–Crippen LogP) is 2.87. The van der Waals surface area contributed by atoms with Crippen molar-refractivity contribution < 1.29 is 4.79 Å². The van der Waals surface area contributed by atoms with Crippen LogP contribution < -0.4 is 10.9 Å². The molecule has 0 spiro atoms. The minimum atomic E-state index is -0.351. The second kappa shape index (κ2) is 7.31. The molecule has 0 aliphatic heterocycles. The summed E-state index contributed by atoms with van der Waals surface area (Å²) < 4.78 is 1.17. The molecule has 0 saturated heterocycles. The van der Waals surface area contributed by atoms with Gasteiger partial charge in [-0.2, -0.15) is 5.10 Å². The standard InChI is InChI=1S/C20H20N4O2/c1-13-7-8-14(2)16(11-13)17-9-10-20(26)24(23-17)12-19(25)22-18-6-4-5-15(3)21-18/h4-11H,12H2,1-3H3,(H,21,22,25). The molecule has 3 aromatic rings. The highest BCUT2D eigenvalue weighted by molar-refractivity contribution is 5.89.